The van der Waals surface area contributed by atoms with E-state index in [-0.39, 0.29) is 5.91 Å². The fraction of sp³-hybridized carbons (Fsp3) is 0.154. The number of carbonyl (C=O) groups is 1. The van der Waals surface area contributed by atoms with Crippen molar-refractivity contribution in [3.05, 3.63) is 44.6 Å². The van der Waals surface area contributed by atoms with E-state index in [1.54, 1.807) is 30.5 Å². The summed E-state index contributed by atoms with van der Waals surface area (Å²) in [6, 6.07) is 7.26. The van der Waals surface area contributed by atoms with Crippen LogP contribution in [-0.2, 0) is 6.54 Å². The van der Waals surface area contributed by atoms with Gasteiger partial charge in [0.25, 0.3) is 5.91 Å². The van der Waals surface area contributed by atoms with Gasteiger partial charge in [-0.25, -0.2) is 0 Å². The second kappa shape index (κ2) is 6.08. The molecule has 0 aliphatic rings. The summed E-state index contributed by atoms with van der Waals surface area (Å²) in [5.41, 5.74) is 7.89. The summed E-state index contributed by atoms with van der Waals surface area (Å²) in [5, 5.41) is 7.86. The summed E-state index contributed by atoms with van der Waals surface area (Å²) in [4.78, 5) is 12.7. The molecule has 0 bridgehead atoms. The summed E-state index contributed by atoms with van der Waals surface area (Å²) in [5.74, 6) is -0.140. The zero-order valence-electron chi connectivity index (χ0n) is 10.4. The van der Waals surface area contributed by atoms with Gasteiger partial charge in [-0.15, -0.1) is 11.3 Å². The Morgan fingerprint density at radius 3 is 2.79 bits per heavy atom. The minimum Gasteiger partial charge on any atom is -0.397 e. The van der Waals surface area contributed by atoms with Crippen molar-refractivity contribution < 1.29 is 4.79 Å². The average Bonchev–Trinajstić information content (AvgIpc) is 2.82. The lowest BCUT2D eigenvalue weighted by Crippen LogP contribution is -2.18. The fourth-order valence-corrected chi connectivity index (χ4v) is 3.07. The lowest BCUT2D eigenvalue weighted by Gasteiger charge is -2.10. The first kappa shape index (κ1) is 13.9. The van der Waals surface area contributed by atoms with Gasteiger partial charge in [0.05, 0.1) is 17.9 Å². The monoisotopic (exact) mass is 339 g/mol. The summed E-state index contributed by atoms with van der Waals surface area (Å²) >= 11 is 5.16. The Morgan fingerprint density at radius 1 is 1.42 bits per heavy atom. The largest absolute Gasteiger partial charge is 0.397 e. The van der Waals surface area contributed by atoms with Crippen LogP contribution < -0.4 is 16.4 Å². The van der Waals surface area contributed by atoms with Gasteiger partial charge in [0, 0.05) is 22.0 Å². The molecule has 2 aromatic rings. The Kier molecular flexibility index (Phi) is 4.44. The molecule has 0 radical (unpaired) electrons. The zero-order chi connectivity index (χ0) is 13.8. The number of amides is 1. The first-order valence-electron chi connectivity index (χ1n) is 5.69. The smallest absolute Gasteiger partial charge is 0.251 e. The molecule has 1 aromatic heterocycles. The van der Waals surface area contributed by atoms with Gasteiger partial charge in [0.1, 0.15) is 0 Å². The highest BCUT2D eigenvalue weighted by molar-refractivity contribution is 9.10. The number of hydrogen-bond acceptors (Lipinski definition) is 4. The summed E-state index contributed by atoms with van der Waals surface area (Å²) in [7, 11) is 1.60. The maximum Gasteiger partial charge on any atom is 0.251 e. The second-order valence-electron chi connectivity index (χ2n) is 3.93. The van der Waals surface area contributed by atoms with Gasteiger partial charge < -0.3 is 16.4 Å². The molecule has 6 heteroatoms. The third-order valence-corrected chi connectivity index (χ3v) is 4.60. The molecule has 100 valence electrons. The molecule has 1 aromatic carbocycles. The minimum atomic E-state index is -0.140. The molecule has 4 N–H and O–H groups in total. The molecule has 0 fully saturated rings. The van der Waals surface area contributed by atoms with Crippen LogP contribution in [0, 0.1) is 0 Å². The van der Waals surface area contributed by atoms with Crippen LogP contribution in [0.15, 0.2) is 34.1 Å². The maximum absolute atomic E-state index is 11.5. The third-order valence-electron chi connectivity index (χ3n) is 2.67. The van der Waals surface area contributed by atoms with E-state index in [0.29, 0.717) is 17.8 Å². The van der Waals surface area contributed by atoms with E-state index in [9.17, 15) is 4.79 Å². The van der Waals surface area contributed by atoms with Crippen molar-refractivity contribution in [1.29, 1.82) is 0 Å². The van der Waals surface area contributed by atoms with E-state index < -0.39 is 0 Å². The van der Waals surface area contributed by atoms with Crippen LogP contribution in [0.4, 0.5) is 11.4 Å². The summed E-state index contributed by atoms with van der Waals surface area (Å²) in [6.45, 7) is 0.696. The average molecular weight is 340 g/mol. The number of nitrogens with two attached hydrogens (primary N) is 1. The molecule has 0 aliphatic heterocycles. The molecule has 4 nitrogen and oxygen atoms in total. The minimum absolute atomic E-state index is 0.140. The molecule has 0 aliphatic carbocycles. The fourth-order valence-electron chi connectivity index (χ4n) is 1.64. The molecular weight excluding hydrogens is 326 g/mol. The number of halogens is 1. The first-order valence-corrected chi connectivity index (χ1v) is 7.36. The Morgan fingerprint density at radius 2 is 2.21 bits per heavy atom. The molecule has 0 unspecified atom stereocenters. The van der Waals surface area contributed by atoms with Crippen molar-refractivity contribution in [2.24, 2.45) is 0 Å². The predicted molar refractivity (Wildman–Crippen MR) is 83.6 cm³/mol. The summed E-state index contributed by atoms with van der Waals surface area (Å²) in [6.07, 6.45) is 0. The van der Waals surface area contributed by atoms with Gasteiger partial charge in [-0.3, -0.25) is 4.79 Å². The van der Waals surface area contributed by atoms with E-state index in [1.807, 2.05) is 17.5 Å². The molecule has 1 amide bonds. The van der Waals surface area contributed by atoms with Crippen molar-refractivity contribution in [2.45, 2.75) is 6.54 Å². The van der Waals surface area contributed by atoms with Crippen LogP contribution in [0.3, 0.4) is 0 Å². The number of rotatable bonds is 4. The van der Waals surface area contributed by atoms with Crippen LogP contribution in [0.1, 0.15) is 15.2 Å². The van der Waals surface area contributed by atoms with Gasteiger partial charge in [0.2, 0.25) is 0 Å². The standard InChI is InChI=1S/C13H14BrN3OS/c1-16-13(18)8-2-3-11(10(15)6-8)17-7-12-9(14)4-5-19-12/h2-6,17H,7,15H2,1H3,(H,16,18). The normalized spacial score (nSPS) is 10.2. The SMILES string of the molecule is CNC(=O)c1ccc(NCc2sccc2Br)c(N)c1. The molecule has 0 saturated carbocycles. The molecule has 19 heavy (non-hydrogen) atoms. The zero-order valence-corrected chi connectivity index (χ0v) is 12.8. The Hall–Kier alpha value is -1.53. The van der Waals surface area contributed by atoms with Gasteiger partial charge in [-0.1, -0.05) is 0 Å². The number of nitrogens with one attached hydrogen (secondary N) is 2. The highest BCUT2D eigenvalue weighted by Gasteiger charge is 2.07. The van der Waals surface area contributed by atoms with Crippen LogP contribution in [0.25, 0.3) is 0 Å². The maximum atomic E-state index is 11.5. The van der Waals surface area contributed by atoms with E-state index in [2.05, 4.69) is 26.6 Å². The van der Waals surface area contributed by atoms with E-state index in [1.165, 1.54) is 4.88 Å². The molecule has 1 heterocycles. The lowest BCUT2D eigenvalue weighted by molar-refractivity contribution is 0.0963. The summed E-state index contributed by atoms with van der Waals surface area (Å²) < 4.78 is 1.09. The second-order valence-corrected chi connectivity index (χ2v) is 5.78. The first-order chi connectivity index (χ1) is 9.11. The number of nitrogen functional groups attached to an aromatic ring is 1. The number of hydrogen-bond donors (Lipinski definition) is 3. The van der Waals surface area contributed by atoms with E-state index in [4.69, 9.17) is 5.73 Å². The van der Waals surface area contributed by atoms with E-state index in [0.717, 1.165) is 10.2 Å². The highest BCUT2D eigenvalue weighted by atomic mass is 79.9. The van der Waals surface area contributed by atoms with Crippen molar-refractivity contribution in [1.82, 2.24) is 5.32 Å². The van der Waals surface area contributed by atoms with Crippen LogP contribution in [-0.4, -0.2) is 13.0 Å². The quantitative estimate of drug-likeness (QED) is 0.750. The van der Waals surface area contributed by atoms with Crippen molar-refractivity contribution in [3.8, 4) is 0 Å². The van der Waals surface area contributed by atoms with Crippen molar-refractivity contribution in [2.75, 3.05) is 18.1 Å². The van der Waals surface area contributed by atoms with Crippen LogP contribution in [0.2, 0.25) is 0 Å². The predicted octanol–water partition coefficient (Wildman–Crippen LogP) is 3.06. The van der Waals surface area contributed by atoms with Gasteiger partial charge in [-0.05, 0) is 45.6 Å². The van der Waals surface area contributed by atoms with Gasteiger partial charge >= 0.3 is 0 Å². The van der Waals surface area contributed by atoms with Crippen molar-refractivity contribution in [3.63, 3.8) is 0 Å². The number of anilines is 2. The Bertz CT molecular complexity index is 597. The topological polar surface area (TPSA) is 67.2 Å². The van der Waals surface area contributed by atoms with E-state index >= 15 is 0 Å². The lowest BCUT2D eigenvalue weighted by atomic mass is 10.1. The third kappa shape index (κ3) is 3.27. The van der Waals surface area contributed by atoms with Gasteiger partial charge in [-0.2, -0.15) is 0 Å². The molecule has 0 spiro atoms. The van der Waals surface area contributed by atoms with Crippen molar-refractivity contribution >= 4 is 44.5 Å². The van der Waals surface area contributed by atoms with Crippen LogP contribution in [0.5, 0.6) is 0 Å². The van der Waals surface area contributed by atoms with Crippen LogP contribution >= 0.6 is 27.3 Å². The number of carbonyl (C=O) groups excluding carboxylic acids is 1. The molecule has 2 rings (SSSR count). The van der Waals surface area contributed by atoms with Gasteiger partial charge in [0.15, 0.2) is 0 Å². The Labute approximate surface area is 124 Å². The molecule has 0 saturated heterocycles. The Balaban J connectivity index is 2.09. The molecule has 0 atom stereocenters. The number of benzene rings is 1. The highest BCUT2D eigenvalue weighted by Crippen LogP contribution is 2.25. The number of thiophene rings is 1. The molecular formula is C13H14BrN3OS.